The molecule has 0 aliphatic heterocycles. The minimum absolute atomic E-state index is 0.168. The first-order chi connectivity index (χ1) is 8.97. The third kappa shape index (κ3) is 3.35. The zero-order valence-electron chi connectivity index (χ0n) is 11.6. The largest absolute Gasteiger partial charge is 0.396 e. The molecule has 0 aliphatic carbocycles. The molecule has 2 nitrogen and oxygen atoms in total. The highest BCUT2D eigenvalue weighted by Gasteiger charge is 2.12. The summed E-state index contributed by atoms with van der Waals surface area (Å²) >= 11 is 0. The van der Waals surface area contributed by atoms with Crippen LogP contribution in [0.4, 0.5) is 5.69 Å². The number of nitrogens with zero attached hydrogens (tertiary/aromatic N) is 1. The normalized spacial score (nSPS) is 10.7. The first kappa shape index (κ1) is 13.2. The van der Waals surface area contributed by atoms with Crippen molar-refractivity contribution in [2.24, 2.45) is 0 Å². The lowest BCUT2D eigenvalue weighted by molar-refractivity contribution is 0.590. The number of rotatable bonds is 0. The van der Waals surface area contributed by atoms with Gasteiger partial charge >= 0.3 is 0 Å². The van der Waals surface area contributed by atoms with Gasteiger partial charge in [0, 0.05) is 11.8 Å². The van der Waals surface area contributed by atoms with E-state index in [0.717, 1.165) is 11.1 Å². The molecule has 96 valence electrons. The van der Waals surface area contributed by atoms with Crippen molar-refractivity contribution in [3.63, 3.8) is 0 Å². The fourth-order valence-corrected chi connectivity index (χ4v) is 1.71. The number of hydrogen-bond acceptors (Lipinski definition) is 2. The Bertz CT molecular complexity index is 623. The van der Waals surface area contributed by atoms with E-state index in [1.54, 1.807) is 12.4 Å². The lowest BCUT2D eigenvalue weighted by Gasteiger charge is -2.18. The molecule has 0 atom stereocenters. The van der Waals surface area contributed by atoms with Crippen LogP contribution in [-0.4, -0.2) is 4.98 Å². The molecule has 2 rings (SSSR count). The second kappa shape index (κ2) is 5.16. The Morgan fingerprint density at radius 3 is 2.26 bits per heavy atom. The molecule has 0 bridgehead atoms. The average molecular weight is 250 g/mol. The highest BCUT2D eigenvalue weighted by atomic mass is 14.7. The maximum atomic E-state index is 5.80. The zero-order valence-corrected chi connectivity index (χ0v) is 11.6. The molecule has 0 saturated carbocycles. The van der Waals surface area contributed by atoms with Crippen molar-refractivity contribution in [1.82, 2.24) is 4.98 Å². The first-order valence-corrected chi connectivity index (χ1v) is 6.29. The van der Waals surface area contributed by atoms with Crippen LogP contribution >= 0.6 is 0 Å². The third-order valence-corrected chi connectivity index (χ3v) is 2.94. The van der Waals surface area contributed by atoms with Crippen LogP contribution in [0, 0.1) is 11.8 Å². The molecule has 19 heavy (non-hydrogen) atoms. The highest BCUT2D eigenvalue weighted by molar-refractivity contribution is 5.55. The lowest BCUT2D eigenvalue weighted by Crippen LogP contribution is -2.10. The number of hydrogen-bond donors (Lipinski definition) is 1. The molecule has 2 aromatic rings. The smallest absolute Gasteiger partial charge is 0.0659 e. The van der Waals surface area contributed by atoms with Crippen molar-refractivity contribution in [3.05, 3.63) is 59.4 Å². The number of nitrogens with two attached hydrogens (primary N) is 1. The van der Waals surface area contributed by atoms with E-state index in [2.05, 4.69) is 49.7 Å². The maximum Gasteiger partial charge on any atom is 0.0659 e. The molecule has 2 N–H and O–H groups in total. The van der Waals surface area contributed by atoms with Gasteiger partial charge in [-0.1, -0.05) is 44.7 Å². The van der Waals surface area contributed by atoms with Crippen molar-refractivity contribution < 1.29 is 0 Å². The predicted octanol–water partition coefficient (Wildman–Crippen LogP) is 3.36. The molecule has 0 fully saturated rings. The SMILES string of the molecule is CC(C)(C)c1ccc(C#Cc2ccncc2N)cc1. The van der Waals surface area contributed by atoms with Crippen molar-refractivity contribution >= 4 is 5.69 Å². The topological polar surface area (TPSA) is 38.9 Å². The molecule has 0 aliphatic rings. The Hall–Kier alpha value is -2.27. The molecule has 1 aromatic heterocycles. The molecule has 0 unspecified atom stereocenters. The Morgan fingerprint density at radius 1 is 1.00 bits per heavy atom. The van der Waals surface area contributed by atoms with Gasteiger partial charge < -0.3 is 5.73 Å². The summed E-state index contributed by atoms with van der Waals surface area (Å²) in [6.07, 6.45) is 3.32. The quantitative estimate of drug-likeness (QED) is 0.728. The molecule has 2 heteroatoms. The summed E-state index contributed by atoms with van der Waals surface area (Å²) in [5.41, 5.74) is 9.69. The molecule has 0 spiro atoms. The van der Waals surface area contributed by atoms with E-state index < -0.39 is 0 Å². The fraction of sp³-hybridized carbons (Fsp3) is 0.235. The summed E-state index contributed by atoms with van der Waals surface area (Å²) in [5, 5.41) is 0. The van der Waals surface area contributed by atoms with E-state index in [4.69, 9.17) is 5.73 Å². The molecule has 0 amide bonds. The average Bonchev–Trinajstić information content (AvgIpc) is 2.37. The van der Waals surface area contributed by atoms with Crippen molar-refractivity contribution in [2.75, 3.05) is 5.73 Å². The summed E-state index contributed by atoms with van der Waals surface area (Å²) in [5.74, 6) is 6.20. The minimum Gasteiger partial charge on any atom is -0.396 e. The number of nitrogen functional groups attached to an aromatic ring is 1. The summed E-state index contributed by atoms with van der Waals surface area (Å²) in [7, 11) is 0. The number of aromatic nitrogens is 1. The van der Waals surface area contributed by atoms with Crippen molar-refractivity contribution in [2.45, 2.75) is 26.2 Å². The fourth-order valence-electron chi connectivity index (χ4n) is 1.71. The van der Waals surface area contributed by atoms with Gasteiger partial charge in [-0.2, -0.15) is 0 Å². The molecular weight excluding hydrogens is 232 g/mol. The van der Waals surface area contributed by atoms with Gasteiger partial charge in [-0.3, -0.25) is 4.98 Å². The van der Waals surface area contributed by atoms with Crippen LogP contribution in [0.25, 0.3) is 0 Å². The van der Waals surface area contributed by atoms with Gasteiger partial charge in [0.25, 0.3) is 0 Å². The van der Waals surface area contributed by atoms with Crippen LogP contribution in [0.1, 0.15) is 37.5 Å². The van der Waals surface area contributed by atoms with Gasteiger partial charge in [-0.25, -0.2) is 0 Å². The van der Waals surface area contributed by atoms with Crippen LogP contribution < -0.4 is 5.73 Å². The molecular formula is C17H18N2. The Labute approximate surface area is 114 Å². The zero-order chi connectivity index (χ0) is 13.9. The molecule has 0 radical (unpaired) electrons. The van der Waals surface area contributed by atoms with E-state index in [1.807, 2.05) is 18.2 Å². The summed E-state index contributed by atoms with van der Waals surface area (Å²) in [6, 6.07) is 10.2. The van der Waals surface area contributed by atoms with E-state index in [9.17, 15) is 0 Å². The number of pyridine rings is 1. The lowest BCUT2D eigenvalue weighted by atomic mass is 9.87. The van der Waals surface area contributed by atoms with E-state index in [1.165, 1.54) is 5.56 Å². The summed E-state index contributed by atoms with van der Waals surface area (Å²) in [6.45, 7) is 6.60. The third-order valence-electron chi connectivity index (χ3n) is 2.94. The van der Waals surface area contributed by atoms with Crippen LogP contribution in [0.15, 0.2) is 42.7 Å². The van der Waals surface area contributed by atoms with Gasteiger partial charge in [0.2, 0.25) is 0 Å². The Balaban J connectivity index is 2.24. The van der Waals surface area contributed by atoms with Crippen LogP contribution in [0.3, 0.4) is 0 Å². The summed E-state index contributed by atoms with van der Waals surface area (Å²) in [4.78, 5) is 3.95. The van der Waals surface area contributed by atoms with Crippen LogP contribution in [0.2, 0.25) is 0 Å². The highest BCUT2D eigenvalue weighted by Crippen LogP contribution is 2.21. The monoisotopic (exact) mass is 250 g/mol. The van der Waals surface area contributed by atoms with Crippen molar-refractivity contribution in [3.8, 4) is 11.8 Å². The first-order valence-electron chi connectivity index (χ1n) is 6.29. The van der Waals surface area contributed by atoms with Gasteiger partial charge in [-0.15, -0.1) is 0 Å². The van der Waals surface area contributed by atoms with Crippen LogP contribution in [0.5, 0.6) is 0 Å². The van der Waals surface area contributed by atoms with Crippen LogP contribution in [-0.2, 0) is 5.41 Å². The predicted molar refractivity (Wildman–Crippen MR) is 79.8 cm³/mol. The minimum atomic E-state index is 0.168. The number of anilines is 1. The van der Waals surface area contributed by atoms with E-state index >= 15 is 0 Å². The standard InChI is InChI=1S/C17H18N2/c1-17(2,3)15-8-5-13(6-9-15)4-7-14-10-11-19-12-16(14)18/h5-6,8-12H,18H2,1-3H3. The molecule has 1 aromatic carbocycles. The maximum absolute atomic E-state index is 5.80. The van der Waals surface area contributed by atoms with E-state index in [-0.39, 0.29) is 5.41 Å². The van der Waals surface area contributed by atoms with Gasteiger partial charge in [-0.05, 0) is 29.2 Å². The molecule has 1 heterocycles. The summed E-state index contributed by atoms with van der Waals surface area (Å²) < 4.78 is 0. The van der Waals surface area contributed by atoms with Crippen molar-refractivity contribution in [1.29, 1.82) is 0 Å². The molecule has 0 saturated heterocycles. The Kier molecular flexibility index (Phi) is 3.57. The second-order valence-corrected chi connectivity index (χ2v) is 5.54. The van der Waals surface area contributed by atoms with Gasteiger partial charge in [0.15, 0.2) is 0 Å². The Morgan fingerprint density at radius 2 is 1.68 bits per heavy atom. The van der Waals surface area contributed by atoms with E-state index in [0.29, 0.717) is 5.69 Å². The van der Waals surface area contributed by atoms with Gasteiger partial charge in [0.05, 0.1) is 17.4 Å². The number of benzene rings is 1. The van der Waals surface area contributed by atoms with Gasteiger partial charge in [0.1, 0.15) is 0 Å². The second-order valence-electron chi connectivity index (χ2n) is 5.54.